The van der Waals surface area contributed by atoms with Crippen molar-refractivity contribution >= 4 is 43.1 Å². The van der Waals surface area contributed by atoms with Crippen LogP contribution < -0.4 is 0 Å². The number of rotatable bonds is 3. The summed E-state index contributed by atoms with van der Waals surface area (Å²) in [5.74, 6) is 0. The van der Waals surface area contributed by atoms with E-state index in [0.717, 1.165) is 32.7 Å². The molecule has 8 aromatic carbocycles. The normalized spacial score (nSPS) is 15.3. The minimum atomic E-state index is -0.624. The van der Waals surface area contributed by atoms with Crippen molar-refractivity contribution in [1.82, 2.24) is 0 Å². The molecule has 0 unspecified atom stereocenters. The zero-order chi connectivity index (χ0) is 36.0. The van der Waals surface area contributed by atoms with E-state index < -0.39 is 72.0 Å². The molecular weight excluding hydrogens is 480 g/mol. The summed E-state index contributed by atoms with van der Waals surface area (Å²) in [5, 5.41) is 4.64. The Morgan fingerprint density at radius 1 is 0.350 bits per heavy atom. The first-order valence-electron chi connectivity index (χ1n) is 18.5. The van der Waals surface area contributed by atoms with Gasteiger partial charge in [0.25, 0.3) is 0 Å². The maximum Gasteiger partial charge on any atom is 0.0636 e. The first-order valence-corrected chi connectivity index (χ1v) is 13.0. The average molecular weight is 518 g/mol. The first kappa shape index (κ1) is 14.3. The Balaban J connectivity index is 1.48. The molecule has 0 aliphatic rings. The highest BCUT2D eigenvalue weighted by Crippen LogP contribution is 2.45. The molecule has 0 radical (unpaired) electrons. The highest BCUT2D eigenvalue weighted by Gasteiger charge is 2.17. The predicted molar refractivity (Wildman–Crippen MR) is 173 cm³/mol. The summed E-state index contributed by atoms with van der Waals surface area (Å²) in [5.41, 5.74) is 1.73. The van der Waals surface area contributed by atoms with Gasteiger partial charge in [0.05, 0.1) is 15.1 Å². The fraction of sp³-hybridized carbons (Fsp3) is 0. The van der Waals surface area contributed by atoms with Crippen molar-refractivity contribution in [2.75, 3.05) is 0 Å². The molecule has 0 aromatic heterocycles. The van der Waals surface area contributed by atoms with Crippen LogP contribution in [0.15, 0.2) is 157 Å². The fourth-order valence-corrected chi connectivity index (χ4v) is 5.60. The summed E-state index contributed by atoms with van der Waals surface area (Å²) in [6.07, 6.45) is 0. The van der Waals surface area contributed by atoms with Crippen molar-refractivity contribution in [1.29, 1.82) is 0 Å². The molecule has 0 amide bonds. The molecule has 8 aromatic rings. The van der Waals surface area contributed by atoms with Crippen molar-refractivity contribution in [2.24, 2.45) is 0 Å². The van der Waals surface area contributed by atoms with Gasteiger partial charge < -0.3 is 0 Å². The molecule has 0 aliphatic heterocycles. The molecule has 40 heavy (non-hydrogen) atoms. The minimum Gasteiger partial charge on any atom is -0.0616 e. The third-order valence-corrected chi connectivity index (χ3v) is 7.37. The van der Waals surface area contributed by atoms with Gasteiger partial charge >= 0.3 is 0 Å². The number of fused-ring (bicyclic) bond motifs is 4. The maximum atomic E-state index is 9.35. The van der Waals surface area contributed by atoms with Gasteiger partial charge in [-0.1, -0.05) is 151 Å². The maximum absolute atomic E-state index is 9.35. The van der Waals surface area contributed by atoms with E-state index >= 15 is 0 Å². The van der Waals surface area contributed by atoms with Gasteiger partial charge in [0.15, 0.2) is 0 Å². The lowest BCUT2D eigenvalue weighted by Gasteiger charge is -2.19. The quantitative estimate of drug-likeness (QED) is 0.204. The van der Waals surface area contributed by atoms with E-state index in [0.29, 0.717) is 16.3 Å². The molecule has 0 nitrogen and oxygen atoms in total. The van der Waals surface area contributed by atoms with Crippen molar-refractivity contribution in [3.63, 3.8) is 0 Å². The van der Waals surface area contributed by atoms with E-state index in [4.69, 9.17) is 9.60 Å². The van der Waals surface area contributed by atoms with Crippen LogP contribution in [-0.2, 0) is 0 Å². The Morgan fingerprint density at radius 3 is 1.57 bits per heavy atom. The van der Waals surface area contributed by atoms with Gasteiger partial charge in [-0.15, -0.1) is 0 Å². The summed E-state index contributed by atoms with van der Waals surface area (Å²) in [6.45, 7) is 0. The molecule has 0 spiro atoms. The molecule has 0 aliphatic carbocycles. The number of hydrogen-bond acceptors (Lipinski definition) is 0. The van der Waals surface area contributed by atoms with Gasteiger partial charge in [-0.05, 0) is 82.5 Å². The second-order valence-electron chi connectivity index (χ2n) is 9.62. The summed E-state index contributed by atoms with van der Waals surface area (Å²) < 4.78 is 96.7. The monoisotopic (exact) mass is 517 g/mol. The highest BCUT2D eigenvalue weighted by atomic mass is 14.2. The van der Waals surface area contributed by atoms with Gasteiger partial charge in [-0.3, -0.25) is 0 Å². The third-order valence-electron chi connectivity index (χ3n) is 7.37. The minimum absolute atomic E-state index is 0.0393. The SMILES string of the molecule is [2H]c1c([2H])c(-c2c3ccccc3c(-c3cccc4ccccc34)c3ccccc23)c([2H])c([2H])c1-c1c([2H])c([2H])c2c([2H])c([2H])c([2H])c([2H])c2c1[2H]. The zero-order valence-electron chi connectivity index (χ0n) is 32.2. The summed E-state index contributed by atoms with van der Waals surface area (Å²) in [4.78, 5) is 0. The largest absolute Gasteiger partial charge is 0.0636 e. The lowest BCUT2D eigenvalue weighted by Crippen LogP contribution is -1.91. The van der Waals surface area contributed by atoms with E-state index in [-0.39, 0.29) is 21.9 Å². The lowest BCUT2D eigenvalue weighted by molar-refractivity contribution is 1.63. The molecular formula is C40H26. The van der Waals surface area contributed by atoms with E-state index in [9.17, 15) is 5.48 Å². The van der Waals surface area contributed by atoms with Crippen LogP contribution in [0.25, 0.3) is 76.5 Å². The molecule has 8 rings (SSSR count). The second kappa shape index (κ2) is 9.22. The molecule has 0 heteroatoms. The second-order valence-corrected chi connectivity index (χ2v) is 9.62. The molecule has 0 N–H and O–H groups in total. The third kappa shape index (κ3) is 3.61. The molecule has 0 fully saturated rings. The van der Waals surface area contributed by atoms with Crippen LogP contribution in [0.4, 0.5) is 0 Å². The standard InChI is InChI=1S/C40H26/c1-2-12-31-26-32(25-22-27(31)10-1)28-20-23-30(24-21-28)39-35-15-5-7-17-37(35)40(38-18-8-6-16-36(38)39)34-19-9-13-29-11-3-4-14-33(29)34/h1-26H/i1D,2D,10D,12D,20D,21D,22D,23D,24D,25D,26D. The van der Waals surface area contributed by atoms with Gasteiger partial charge in [0.1, 0.15) is 0 Å². The van der Waals surface area contributed by atoms with Crippen molar-refractivity contribution < 1.29 is 15.1 Å². The molecule has 0 saturated carbocycles. The Labute approximate surface area is 249 Å². The number of hydrogen-bond donors (Lipinski definition) is 0. The highest BCUT2D eigenvalue weighted by molar-refractivity contribution is 6.23. The van der Waals surface area contributed by atoms with Crippen LogP contribution >= 0.6 is 0 Å². The molecule has 0 saturated heterocycles. The zero-order valence-corrected chi connectivity index (χ0v) is 21.2. The Bertz CT molecular complexity index is 2730. The first-order chi connectivity index (χ1) is 24.5. The van der Waals surface area contributed by atoms with E-state index in [2.05, 4.69) is 24.3 Å². The van der Waals surface area contributed by atoms with E-state index in [1.165, 1.54) is 0 Å². The van der Waals surface area contributed by atoms with Gasteiger partial charge in [-0.2, -0.15) is 0 Å². The number of benzene rings is 8. The Morgan fingerprint density at radius 2 is 0.875 bits per heavy atom. The van der Waals surface area contributed by atoms with Gasteiger partial charge in [-0.25, -0.2) is 0 Å². The summed E-state index contributed by atoms with van der Waals surface area (Å²) in [7, 11) is 0. The van der Waals surface area contributed by atoms with Crippen molar-refractivity contribution in [3.8, 4) is 33.4 Å². The van der Waals surface area contributed by atoms with Gasteiger partial charge in [0, 0.05) is 0 Å². The van der Waals surface area contributed by atoms with Crippen LogP contribution in [0.2, 0.25) is 0 Å². The van der Waals surface area contributed by atoms with Crippen molar-refractivity contribution in [2.45, 2.75) is 0 Å². The average Bonchev–Trinajstić information content (AvgIpc) is 3.14. The van der Waals surface area contributed by atoms with Crippen LogP contribution in [0.5, 0.6) is 0 Å². The van der Waals surface area contributed by atoms with Gasteiger partial charge in [0.2, 0.25) is 0 Å². The lowest BCUT2D eigenvalue weighted by atomic mass is 9.84. The Kier molecular flexibility index (Phi) is 3.29. The van der Waals surface area contributed by atoms with E-state index in [1.807, 2.05) is 66.7 Å². The van der Waals surface area contributed by atoms with Crippen LogP contribution in [0, 0.1) is 0 Å². The summed E-state index contributed by atoms with van der Waals surface area (Å²) >= 11 is 0. The van der Waals surface area contributed by atoms with Crippen LogP contribution in [0.1, 0.15) is 15.1 Å². The Hall–Kier alpha value is -5.20. The predicted octanol–water partition coefficient (Wildman–Crippen LogP) is 11.3. The van der Waals surface area contributed by atoms with Crippen molar-refractivity contribution in [3.05, 3.63) is 157 Å². The van der Waals surface area contributed by atoms with E-state index in [1.54, 1.807) is 0 Å². The molecule has 186 valence electrons. The molecule has 0 heterocycles. The fourth-order valence-electron chi connectivity index (χ4n) is 5.60. The topological polar surface area (TPSA) is 0 Å². The van der Waals surface area contributed by atoms with Crippen LogP contribution in [-0.4, -0.2) is 0 Å². The van der Waals surface area contributed by atoms with Crippen LogP contribution in [0.3, 0.4) is 0 Å². The molecule has 0 atom stereocenters. The smallest absolute Gasteiger partial charge is 0.0616 e. The molecule has 0 bridgehead atoms. The summed E-state index contributed by atoms with van der Waals surface area (Å²) in [6, 6.07) is 23.6.